The summed E-state index contributed by atoms with van der Waals surface area (Å²) in [5.41, 5.74) is 0. The van der Waals surface area contributed by atoms with Crippen LogP contribution in [0.15, 0.2) is 12.7 Å². The van der Waals surface area contributed by atoms with E-state index < -0.39 is 0 Å². The minimum atomic E-state index is -0.312. The summed E-state index contributed by atoms with van der Waals surface area (Å²) in [4.78, 5) is 22.8. The van der Waals surface area contributed by atoms with E-state index >= 15 is 0 Å². The Bertz CT molecular complexity index is 304. The lowest BCUT2D eigenvalue weighted by atomic mass is 9.99. The van der Waals surface area contributed by atoms with Crippen LogP contribution in [0.25, 0.3) is 0 Å². The lowest BCUT2D eigenvalue weighted by Gasteiger charge is -2.13. The van der Waals surface area contributed by atoms with Crippen molar-refractivity contribution in [1.82, 2.24) is 5.32 Å². The highest BCUT2D eigenvalue weighted by molar-refractivity contribution is 5.79. The molecule has 0 aromatic rings. The lowest BCUT2D eigenvalue weighted by molar-refractivity contribution is -0.142. The number of rotatable bonds is 8. The summed E-state index contributed by atoms with van der Waals surface area (Å²) in [6.45, 7) is 5.77. The molecular weight excluding hydrogens is 218 g/mol. The van der Waals surface area contributed by atoms with E-state index in [-0.39, 0.29) is 37.4 Å². The van der Waals surface area contributed by atoms with Crippen molar-refractivity contribution in [3.8, 4) is 12.3 Å². The van der Waals surface area contributed by atoms with Gasteiger partial charge < -0.3 is 10.1 Å². The summed E-state index contributed by atoms with van der Waals surface area (Å²) < 4.78 is 4.83. The van der Waals surface area contributed by atoms with Crippen LogP contribution in [0.3, 0.4) is 0 Å². The highest BCUT2D eigenvalue weighted by Gasteiger charge is 2.17. The predicted octanol–water partition coefficient (Wildman–Crippen LogP) is 1.27. The van der Waals surface area contributed by atoms with Crippen LogP contribution in [0.2, 0.25) is 0 Å². The van der Waals surface area contributed by atoms with Gasteiger partial charge in [-0.15, -0.1) is 6.42 Å². The second-order valence-corrected chi connectivity index (χ2v) is 3.54. The van der Waals surface area contributed by atoms with Gasteiger partial charge in [0, 0.05) is 12.3 Å². The molecule has 0 aliphatic heterocycles. The number of hydrogen-bond acceptors (Lipinski definition) is 3. The van der Waals surface area contributed by atoms with Crippen molar-refractivity contribution in [2.75, 3.05) is 13.2 Å². The van der Waals surface area contributed by atoms with E-state index in [1.165, 1.54) is 6.08 Å². The molecule has 0 aromatic heterocycles. The van der Waals surface area contributed by atoms with E-state index in [2.05, 4.69) is 17.8 Å². The Labute approximate surface area is 102 Å². The smallest absolute Gasteiger partial charge is 0.306 e. The maximum atomic E-state index is 11.6. The molecule has 0 radical (unpaired) electrons. The molecule has 1 amide bonds. The van der Waals surface area contributed by atoms with E-state index in [1.54, 1.807) is 0 Å². The first-order valence-corrected chi connectivity index (χ1v) is 5.63. The molecule has 0 saturated carbocycles. The Kier molecular flexibility index (Phi) is 8.48. The molecule has 0 aliphatic rings. The minimum absolute atomic E-state index is 0.109. The maximum absolute atomic E-state index is 11.6. The zero-order chi connectivity index (χ0) is 13.1. The van der Waals surface area contributed by atoms with Crippen molar-refractivity contribution >= 4 is 11.9 Å². The van der Waals surface area contributed by atoms with E-state index in [4.69, 9.17) is 11.2 Å². The molecule has 4 heteroatoms. The molecule has 0 spiro atoms. The zero-order valence-corrected chi connectivity index (χ0v) is 10.2. The zero-order valence-electron chi connectivity index (χ0n) is 10.2. The van der Waals surface area contributed by atoms with Crippen LogP contribution in [0, 0.1) is 18.3 Å². The summed E-state index contributed by atoms with van der Waals surface area (Å²) in [7, 11) is 0. The number of carbonyl (C=O) groups is 2. The van der Waals surface area contributed by atoms with E-state index in [0.29, 0.717) is 12.8 Å². The Hall–Kier alpha value is -1.76. The van der Waals surface area contributed by atoms with E-state index in [1.807, 2.05) is 6.92 Å². The lowest BCUT2D eigenvalue weighted by Crippen LogP contribution is -2.31. The van der Waals surface area contributed by atoms with Gasteiger partial charge in [0.05, 0.1) is 6.54 Å². The Morgan fingerprint density at radius 3 is 2.82 bits per heavy atom. The Morgan fingerprint density at radius 2 is 2.29 bits per heavy atom. The Morgan fingerprint density at radius 1 is 1.59 bits per heavy atom. The highest BCUT2D eigenvalue weighted by atomic mass is 16.5. The van der Waals surface area contributed by atoms with Crippen molar-refractivity contribution in [1.29, 1.82) is 0 Å². The fourth-order valence-electron chi connectivity index (χ4n) is 1.32. The molecule has 1 N–H and O–H groups in total. The van der Waals surface area contributed by atoms with Gasteiger partial charge in [0.15, 0.2) is 0 Å². The second kappa shape index (κ2) is 9.46. The van der Waals surface area contributed by atoms with Crippen LogP contribution in [-0.2, 0) is 14.3 Å². The molecular formula is C13H19NO3. The van der Waals surface area contributed by atoms with Crippen LogP contribution in [0.5, 0.6) is 0 Å². The second-order valence-electron chi connectivity index (χ2n) is 3.54. The Balaban J connectivity index is 3.96. The third-order valence-electron chi connectivity index (χ3n) is 2.29. The van der Waals surface area contributed by atoms with Crippen LogP contribution in [0.4, 0.5) is 0 Å². The van der Waals surface area contributed by atoms with Gasteiger partial charge in [-0.3, -0.25) is 9.59 Å². The fraction of sp³-hybridized carbons (Fsp3) is 0.538. The quantitative estimate of drug-likeness (QED) is 0.393. The standard InChI is InChI=1S/C13H19NO3/c1-4-9-14-13(16)11(6-3)7-8-12(15)17-10-5-2/h1,5,11H,2,6-10H2,3H3,(H,14,16). The number of carbonyl (C=O) groups excluding carboxylic acids is 2. The van der Waals surface area contributed by atoms with Gasteiger partial charge in [0.1, 0.15) is 6.61 Å². The summed E-state index contributed by atoms with van der Waals surface area (Å²) in [6.07, 6.45) is 7.93. The van der Waals surface area contributed by atoms with Gasteiger partial charge >= 0.3 is 5.97 Å². The first kappa shape index (κ1) is 15.2. The van der Waals surface area contributed by atoms with E-state index in [9.17, 15) is 9.59 Å². The minimum Gasteiger partial charge on any atom is -0.461 e. The first-order valence-electron chi connectivity index (χ1n) is 5.63. The van der Waals surface area contributed by atoms with Gasteiger partial charge in [0.25, 0.3) is 0 Å². The van der Waals surface area contributed by atoms with Crippen molar-refractivity contribution in [3.05, 3.63) is 12.7 Å². The number of ether oxygens (including phenoxy) is 1. The molecule has 0 aliphatic carbocycles. The monoisotopic (exact) mass is 237 g/mol. The first-order chi connectivity index (χ1) is 8.15. The molecule has 1 atom stereocenters. The van der Waals surface area contributed by atoms with Crippen LogP contribution in [-0.4, -0.2) is 25.0 Å². The molecule has 17 heavy (non-hydrogen) atoms. The molecule has 0 bridgehead atoms. The number of esters is 1. The molecule has 94 valence electrons. The molecule has 4 nitrogen and oxygen atoms in total. The number of nitrogens with one attached hydrogen (secondary N) is 1. The van der Waals surface area contributed by atoms with Gasteiger partial charge in [0.2, 0.25) is 5.91 Å². The topological polar surface area (TPSA) is 55.4 Å². The third kappa shape index (κ3) is 7.18. The SMILES string of the molecule is C#CCNC(=O)C(CC)CCC(=O)OCC=C. The van der Waals surface area contributed by atoms with Crippen molar-refractivity contribution in [2.45, 2.75) is 26.2 Å². The van der Waals surface area contributed by atoms with Gasteiger partial charge in [-0.2, -0.15) is 0 Å². The molecule has 0 heterocycles. The molecule has 0 aromatic carbocycles. The summed E-state index contributed by atoms with van der Waals surface area (Å²) in [5, 5.41) is 2.61. The molecule has 0 fully saturated rings. The van der Waals surface area contributed by atoms with Gasteiger partial charge in [-0.05, 0) is 12.8 Å². The van der Waals surface area contributed by atoms with Gasteiger partial charge in [-0.25, -0.2) is 0 Å². The summed E-state index contributed by atoms with van der Waals surface area (Å²) in [5.74, 6) is 1.72. The average molecular weight is 237 g/mol. The largest absolute Gasteiger partial charge is 0.461 e. The normalized spacial score (nSPS) is 11.1. The molecule has 1 unspecified atom stereocenters. The maximum Gasteiger partial charge on any atom is 0.306 e. The van der Waals surface area contributed by atoms with Crippen molar-refractivity contribution in [2.24, 2.45) is 5.92 Å². The number of hydrogen-bond donors (Lipinski definition) is 1. The third-order valence-corrected chi connectivity index (χ3v) is 2.29. The van der Waals surface area contributed by atoms with E-state index in [0.717, 1.165) is 0 Å². The molecule has 0 saturated heterocycles. The fourth-order valence-corrected chi connectivity index (χ4v) is 1.32. The molecule has 0 rings (SSSR count). The summed E-state index contributed by atoms with van der Waals surface area (Å²) >= 11 is 0. The predicted molar refractivity (Wildman–Crippen MR) is 66.0 cm³/mol. The van der Waals surface area contributed by atoms with Crippen molar-refractivity contribution < 1.29 is 14.3 Å². The van der Waals surface area contributed by atoms with Crippen LogP contribution in [0.1, 0.15) is 26.2 Å². The van der Waals surface area contributed by atoms with Crippen LogP contribution < -0.4 is 5.32 Å². The van der Waals surface area contributed by atoms with Crippen molar-refractivity contribution in [3.63, 3.8) is 0 Å². The summed E-state index contributed by atoms with van der Waals surface area (Å²) in [6, 6.07) is 0. The number of terminal acetylenes is 1. The van der Waals surface area contributed by atoms with Gasteiger partial charge in [-0.1, -0.05) is 25.5 Å². The highest BCUT2D eigenvalue weighted by Crippen LogP contribution is 2.11. The van der Waals surface area contributed by atoms with Crippen LogP contribution >= 0.6 is 0 Å². The average Bonchev–Trinajstić information content (AvgIpc) is 2.34. The number of amides is 1.